The van der Waals surface area contributed by atoms with E-state index in [0.29, 0.717) is 31.3 Å². The quantitative estimate of drug-likeness (QED) is 0.618. The molecule has 1 saturated heterocycles. The van der Waals surface area contributed by atoms with Crippen LogP contribution in [0, 0.1) is 11.6 Å². The number of halogens is 2. The standard InChI is InChI=1S/C23H28F2N4O2/c1-2-3-4-5-22(30)29-14-12-28(13-15-29)19-9-7-18(8-10-19)26-23(31)27-21-11-6-17(24)16-20(21)25/h6-11,16H,2-5,12-15H2,1H3,(H2,26,27,31). The minimum Gasteiger partial charge on any atom is -0.368 e. The summed E-state index contributed by atoms with van der Waals surface area (Å²) in [6.07, 6.45) is 3.77. The van der Waals surface area contributed by atoms with Crippen LogP contribution in [0.5, 0.6) is 0 Å². The summed E-state index contributed by atoms with van der Waals surface area (Å²) >= 11 is 0. The van der Waals surface area contributed by atoms with E-state index in [4.69, 9.17) is 0 Å². The van der Waals surface area contributed by atoms with Crippen molar-refractivity contribution in [2.45, 2.75) is 32.6 Å². The number of piperazine rings is 1. The maximum Gasteiger partial charge on any atom is 0.323 e. The molecule has 0 atom stereocenters. The summed E-state index contributed by atoms with van der Waals surface area (Å²) in [6, 6.07) is 9.65. The van der Waals surface area contributed by atoms with Crippen LogP contribution in [0.15, 0.2) is 42.5 Å². The van der Waals surface area contributed by atoms with Gasteiger partial charge in [-0.3, -0.25) is 4.79 Å². The van der Waals surface area contributed by atoms with Gasteiger partial charge in [-0.15, -0.1) is 0 Å². The van der Waals surface area contributed by atoms with Gasteiger partial charge in [0, 0.05) is 50.0 Å². The van der Waals surface area contributed by atoms with E-state index in [0.717, 1.165) is 44.1 Å². The molecule has 1 aliphatic rings. The van der Waals surface area contributed by atoms with Gasteiger partial charge in [0.25, 0.3) is 0 Å². The lowest BCUT2D eigenvalue weighted by molar-refractivity contribution is -0.131. The van der Waals surface area contributed by atoms with Gasteiger partial charge in [-0.2, -0.15) is 0 Å². The molecule has 0 saturated carbocycles. The first kappa shape index (κ1) is 22.5. The Morgan fingerprint density at radius 1 is 0.935 bits per heavy atom. The summed E-state index contributed by atoms with van der Waals surface area (Å²) in [4.78, 5) is 28.5. The van der Waals surface area contributed by atoms with Gasteiger partial charge in [0.1, 0.15) is 11.6 Å². The fraction of sp³-hybridized carbons (Fsp3) is 0.391. The molecule has 0 radical (unpaired) electrons. The zero-order valence-corrected chi connectivity index (χ0v) is 17.7. The van der Waals surface area contributed by atoms with Crippen molar-refractivity contribution in [3.8, 4) is 0 Å². The van der Waals surface area contributed by atoms with Gasteiger partial charge in [0.05, 0.1) is 5.69 Å². The van der Waals surface area contributed by atoms with Crippen molar-refractivity contribution in [2.75, 3.05) is 41.7 Å². The average Bonchev–Trinajstić information content (AvgIpc) is 2.76. The number of anilines is 3. The Bertz CT molecular complexity index is 897. The first-order chi connectivity index (χ1) is 15.0. The largest absolute Gasteiger partial charge is 0.368 e. The number of benzene rings is 2. The number of nitrogens with one attached hydrogen (secondary N) is 2. The second-order valence-electron chi connectivity index (χ2n) is 7.58. The third-order valence-corrected chi connectivity index (χ3v) is 5.30. The number of hydrogen-bond donors (Lipinski definition) is 2. The Morgan fingerprint density at radius 3 is 2.29 bits per heavy atom. The smallest absolute Gasteiger partial charge is 0.323 e. The molecule has 2 aromatic rings. The summed E-state index contributed by atoms with van der Waals surface area (Å²) < 4.78 is 26.6. The molecular weight excluding hydrogens is 402 g/mol. The molecule has 8 heteroatoms. The number of carbonyl (C=O) groups is 2. The van der Waals surface area contributed by atoms with E-state index in [1.165, 1.54) is 6.07 Å². The van der Waals surface area contributed by atoms with Crippen molar-refractivity contribution >= 4 is 29.0 Å². The third kappa shape index (κ3) is 6.41. The molecule has 3 rings (SSSR count). The van der Waals surface area contributed by atoms with Crippen molar-refractivity contribution in [3.05, 3.63) is 54.1 Å². The van der Waals surface area contributed by atoms with E-state index < -0.39 is 17.7 Å². The Balaban J connectivity index is 1.48. The maximum atomic E-state index is 13.7. The predicted octanol–water partition coefficient (Wildman–Crippen LogP) is 4.84. The van der Waals surface area contributed by atoms with Crippen molar-refractivity contribution in [1.29, 1.82) is 0 Å². The number of hydrogen-bond acceptors (Lipinski definition) is 3. The highest BCUT2D eigenvalue weighted by Gasteiger charge is 2.21. The molecule has 31 heavy (non-hydrogen) atoms. The summed E-state index contributed by atoms with van der Waals surface area (Å²) in [5.41, 5.74) is 1.46. The lowest BCUT2D eigenvalue weighted by atomic mass is 10.1. The molecule has 2 N–H and O–H groups in total. The van der Waals surface area contributed by atoms with E-state index in [1.54, 1.807) is 12.1 Å². The van der Waals surface area contributed by atoms with E-state index in [2.05, 4.69) is 22.5 Å². The first-order valence-electron chi connectivity index (χ1n) is 10.6. The fourth-order valence-electron chi connectivity index (χ4n) is 3.53. The van der Waals surface area contributed by atoms with Crippen LogP contribution < -0.4 is 15.5 Å². The van der Waals surface area contributed by atoms with E-state index >= 15 is 0 Å². The summed E-state index contributed by atoms with van der Waals surface area (Å²) in [5.74, 6) is -1.31. The van der Waals surface area contributed by atoms with E-state index in [-0.39, 0.29) is 11.6 Å². The summed E-state index contributed by atoms with van der Waals surface area (Å²) in [7, 11) is 0. The molecule has 2 aromatic carbocycles. The lowest BCUT2D eigenvalue weighted by Crippen LogP contribution is -2.48. The number of amides is 3. The van der Waals surface area contributed by atoms with Gasteiger partial charge in [0.2, 0.25) is 5.91 Å². The van der Waals surface area contributed by atoms with E-state index in [1.807, 2.05) is 17.0 Å². The Hall–Kier alpha value is -3.16. The van der Waals surface area contributed by atoms with Crippen LogP contribution in [0.4, 0.5) is 30.6 Å². The van der Waals surface area contributed by atoms with Crippen LogP contribution in [0.1, 0.15) is 32.6 Å². The van der Waals surface area contributed by atoms with Crippen LogP contribution in [0.2, 0.25) is 0 Å². The van der Waals surface area contributed by atoms with Crippen LogP contribution in [-0.4, -0.2) is 43.0 Å². The Kier molecular flexibility index (Phi) is 7.81. The zero-order chi connectivity index (χ0) is 22.2. The van der Waals surface area contributed by atoms with Crippen LogP contribution in [-0.2, 0) is 4.79 Å². The minimum absolute atomic E-state index is 0.0994. The number of unbranched alkanes of at least 4 members (excludes halogenated alkanes) is 2. The Morgan fingerprint density at radius 2 is 1.65 bits per heavy atom. The maximum absolute atomic E-state index is 13.7. The average molecular weight is 430 g/mol. The van der Waals surface area contributed by atoms with Crippen LogP contribution in [0.3, 0.4) is 0 Å². The molecule has 0 aromatic heterocycles. The van der Waals surface area contributed by atoms with Crippen molar-refractivity contribution in [2.24, 2.45) is 0 Å². The van der Waals surface area contributed by atoms with Gasteiger partial charge >= 0.3 is 6.03 Å². The highest BCUT2D eigenvalue weighted by molar-refractivity contribution is 5.99. The highest BCUT2D eigenvalue weighted by atomic mass is 19.1. The van der Waals surface area contributed by atoms with Gasteiger partial charge in [-0.25, -0.2) is 13.6 Å². The number of nitrogens with zero attached hydrogens (tertiary/aromatic N) is 2. The molecule has 1 aliphatic heterocycles. The lowest BCUT2D eigenvalue weighted by Gasteiger charge is -2.36. The summed E-state index contributed by atoms with van der Waals surface area (Å²) in [6.45, 7) is 5.06. The zero-order valence-electron chi connectivity index (χ0n) is 17.7. The van der Waals surface area contributed by atoms with Crippen molar-refractivity contribution < 1.29 is 18.4 Å². The normalized spacial score (nSPS) is 13.8. The minimum atomic E-state index is -0.839. The molecule has 0 unspecified atom stereocenters. The fourth-order valence-corrected chi connectivity index (χ4v) is 3.53. The monoisotopic (exact) mass is 430 g/mol. The molecule has 6 nitrogen and oxygen atoms in total. The highest BCUT2D eigenvalue weighted by Crippen LogP contribution is 2.21. The molecular formula is C23H28F2N4O2. The molecule has 3 amide bonds. The number of urea groups is 1. The van der Waals surface area contributed by atoms with Gasteiger partial charge < -0.3 is 20.4 Å². The van der Waals surface area contributed by atoms with Gasteiger partial charge in [-0.05, 0) is 42.8 Å². The molecule has 0 bridgehead atoms. The molecule has 0 spiro atoms. The number of rotatable bonds is 7. The topological polar surface area (TPSA) is 64.7 Å². The first-order valence-corrected chi connectivity index (χ1v) is 10.6. The number of carbonyl (C=O) groups excluding carboxylic acids is 2. The molecule has 166 valence electrons. The second kappa shape index (κ2) is 10.7. The van der Waals surface area contributed by atoms with E-state index in [9.17, 15) is 18.4 Å². The van der Waals surface area contributed by atoms with Gasteiger partial charge in [0.15, 0.2) is 0 Å². The van der Waals surface area contributed by atoms with Gasteiger partial charge in [-0.1, -0.05) is 19.8 Å². The molecule has 1 heterocycles. The second-order valence-corrected chi connectivity index (χ2v) is 7.58. The third-order valence-electron chi connectivity index (χ3n) is 5.30. The molecule has 0 aliphatic carbocycles. The predicted molar refractivity (Wildman–Crippen MR) is 118 cm³/mol. The SMILES string of the molecule is CCCCCC(=O)N1CCN(c2ccc(NC(=O)Nc3ccc(F)cc3F)cc2)CC1. The van der Waals surface area contributed by atoms with Crippen molar-refractivity contribution in [1.82, 2.24) is 4.90 Å². The van der Waals surface area contributed by atoms with Crippen LogP contribution in [0.25, 0.3) is 0 Å². The molecule has 1 fully saturated rings. The summed E-state index contributed by atoms with van der Waals surface area (Å²) in [5, 5.41) is 4.98. The Labute approximate surface area is 181 Å². The van der Waals surface area contributed by atoms with Crippen LogP contribution >= 0.6 is 0 Å². The van der Waals surface area contributed by atoms with Crippen molar-refractivity contribution in [3.63, 3.8) is 0 Å².